The van der Waals surface area contributed by atoms with Gasteiger partial charge in [0.15, 0.2) is 11.4 Å². The molecule has 0 radical (unpaired) electrons. The molecule has 0 aliphatic carbocycles. The molecule has 5 heteroatoms. The zero-order valence-corrected chi connectivity index (χ0v) is 11.4. The topological polar surface area (TPSA) is 41.3 Å². The van der Waals surface area contributed by atoms with Gasteiger partial charge in [-0.2, -0.15) is 0 Å². The summed E-state index contributed by atoms with van der Waals surface area (Å²) in [5.41, 5.74) is 0.785. The molecule has 3 aliphatic rings. The summed E-state index contributed by atoms with van der Waals surface area (Å²) in [5.74, 6) is 1.59. The summed E-state index contributed by atoms with van der Waals surface area (Å²) in [4.78, 5) is 2.52. The van der Waals surface area contributed by atoms with Crippen LogP contribution in [0, 0.1) is 5.92 Å². The zero-order chi connectivity index (χ0) is 12.8. The molecule has 0 amide bonds. The van der Waals surface area contributed by atoms with Crippen LogP contribution in [0.15, 0.2) is 22.7 Å². The predicted molar refractivity (Wildman–Crippen MR) is 75.6 cm³/mol. The molecule has 3 fully saturated rings. The maximum absolute atomic E-state index is 6.05. The van der Waals surface area contributed by atoms with E-state index in [1.54, 1.807) is 0 Å². The highest BCUT2D eigenvalue weighted by Gasteiger charge is 2.34. The highest BCUT2D eigenvalue weighted by atomic mass is 35.5. The number of benzene rings is 1. The summed E-state index contributed by atoms with van der Waals surface area (Å²) < 4.78 is 5.34. The number of anilines is 1. The third-order valence-electron chi connectivity index (χ3n) is 4.41. The highest BCUT2D eigenvalue weighted by molar-refractivity contribution is 6.31. The summed E-state index contributed by atoms with van der Waals surface area (Å²) in [6.45, 7) is 3.60. The maximum atomic E-state index is 6.05. The molecule has 2 aromatic rings. The van der Waals surface area contributed by atoms with Gasteiger partial charge in [-0.25, -0.2) is 0 Å². The lowest BCUT2D eigenvalue weighted by atomic mass is 9.84. The average Bonchev–Trinajstić information content (AvgIpc) is 2.83. The van der Waals surface area contributed by atoms with Gasteiger partial charge < -0.3 is 14.7 Å². The van der Waals surface area contributed by atoms with Gasteiger partial charge in [-0.15, -0.1) is 0 Å². The highest BCUT2D eigenvalue weighted by Crippen LogP contribution is 2.32. The molecular weight excluding hydrogens is 262 g/mol. The Balaban J connectivity index is 1.63. The van der Waals surface area contributed by atoms with Crippen LogP contribution < -0.4 is 5.32 Å². The van der Waals surface area contributed by atoms with E-state index in [0.717, 1.165) is 29.2 Å². The molecule has 2 bridgehead atoms. The Morgan fingerprint density at radius 2 is 2.16 bits per heavy atom. The van der Waals surface area contributed by atoms with Crippen LogP contribution in [0.4, 0.5) is 5.82 Å². The monoisotopic (exact) mass is 277 g/mol. The van der Waals surface area contributed by atoms with E-state index in [-0.39, 0.29) is 0 Å². The number of hydrogen-bond donors (Lipinski definition) is 1. The Morgan fingerprint density at radius 1 is 1.32 bits per heavy atom. The summed E-state index contributed by atoms with van der Waals surface area (Å²) in [6, 6.07) is 6.09. The average molecular weight is 278 g/mol. The first-order valence-corrected chi connectivity index (χ1v) is 7.21. The van der Waals surface area contributed by atoms with Gasteiger partial charge in [0.05, 0.1) is 5.39 Å². The fourth-order valence-corrected chi connectivity index (χ4v) is 3.49. The molecule has 1 aromatic carbocycles. The van der Waals surface area contributed by atoms with Crippen molar-refractivity contribution >= 4 is 28.4 Å². The van der Waals surface area contributed by atoms with E-state index in [4.69, 9.17) is 16.1 Å². The van der Waals surface area contributed by atoms with Crippen LogP contribution >= 0.6 is 11.6 Å². The number of halogens is 1. The predicted octanol–water partition coefficient (Wildman–Crippen LogP) is 2.99. The minimum atomic E-state index is 0.481. The number of nitrogens with zero attached hydrogens (tertiary/aromatic N) is 2. The Kier molecular flexibility index (Phi) is 2.67. The quantitative estimate of drug-likeness (QED) is 0.916. The smallest absolute Gasteiger partial charge is 0.177 e. The van der Waals surface area contributed by atoms with Crippen molar-refractivity contribution in [1.29, 1.82) is 0 Å². The molecule has 19 heavy (non-hydrogen) atoms. The molecule has 0 spiro atoms. The van der Waals surface area contributed by atoms with Crippen LogP contribution in [0.5, 0.6) is 0 Å². The number of aromatic nitrogens is 1. The van der Waals surface area contributed by atoms with E-state index in [0.29, 0.717) is 11.1 Å². The van der Waals surface area contributed by atoms with Gasteiger partial charge in [-0.3, -0.25) is 0 Å². The van der Waals surface area contributed by atoms with E-state index in [1.807, 2.05) is 18.2 Å². The third kappa shape index (κ3) is 1.99. The van der Waals surface area contributed by atoms with Gasteiger partial charge in [-0.1, -0.05) is 16.8 Å². The largest absolute Gasteiger partial charge is 0.362 e. The second-order valence-corrected chi connectivity index (χ2v) is 6.00. The second kappa shape index (κ2) is 4.39. The molecule has 1 N–H and O–H groups in total. The fraction of sp³-hybridized carbons (Fsp3) is 0.500. The van der Waals surface area contributed by atoms with Crippen LogP contribution in [0.3, 0.4) is 0 Å². The van der Waals surface area contributed by atoms with Gasteiger partial charge in [-0.05, 0) is 50.0 Å². The maximum Gasteiger partial charge on any atom is 0.177 e. The summed E-state index contributed by atoms with van der Waals surface area (Å²) >= 11 is 6.05. The van der Waals surface area contributed by atoms with Crippen molar-refractivity contribution in [3.63, 3.8) is 0 Å². The van der Waals surface area contributed by atoms with E-state index in [2.05, 4.69) is 15.4 Å². The number of piperidine rings is 3. The Morgan fingerprint density at radius 3 is 2.89 bits per heavy atom. The molecule has 5 rings (SSSR count). The van der Waals surface area contributed by atoms with Crippen LogP contribution in [-0.2, 0) is 0 Å². The number of nitrogens with one attached hydrogen (secondary N) is 1. The normalized spacial score (nSPS) is 29.8. The first kappa shape index (κ1) is 11.6. The lowest BCUT2D eigenvalue weighted by Gasteiger charge is -2.44. The van der Waals surface area contributed by atoms with Crippen molar-refractivity contribution in [3.05, 3.63) is 23.2 Å². The van der Waals surface area contributed by atoms with Gasteiger partial charge in [0.25, 0.3) is 0 Å². The minimum absolute atomic E-state index is 0.481. The number of fused-ring (bicyclic) bond motifs is 4. The Labute approximate surface area is 116 Å². The first-order valence-electron chi connectivity index (χ1n) is 6.83. The lowest BCUT2D eigenvalue weighted by molar-refractivity contribution is 0.0973. The summed E-state index contributed by atoms with van der Waals surface area (Å²) in [7, 11) is 0. The molecule has 1 aromatic heterocycles. The van der Waals surface area contributed by atoms with Crippen molar-refractivity contribution in [1.82, 2.24) is 10.1 Å². The van der Waals surface area contributed by atoms with E-state index >= 15 is 0 Å². The molecule has 3 aliphatic heterocycles. The number of hydrogen-bond acceptors (Lipinski definition) is 4. The Hall–Kier alpha value is -1.26. The van der Waals surface area contributed by atoms with Crippen LogP contribution in [0.25, 0.3) is 11.0 Å². The van der Waals surface area contributed by atoms with Gasteiger partial charge in [0, 0.05) is 17.6 Å². The van der Waals surface area contributed by atoms with Crippen molar-refractivity contribution in [2.24, 2.45) is 5.92 Å². The van der Waals surface area contributed by atoms with Crippen molar-refractivity contribution in [3.8, 4) is 0 Å². The molecule has 0 saturated carbocycles. The molecule has 3 saturated heterocycles. The van der Waals surface area contributed by atoms with E-state index in [9.17, 15) is 0 Å². The van der Waals surface area contributed by atoms with Crippen LogP contribution in [0.2, 0.25) is 5.02 Å². The lowest BCUT2D eigenvalue weighted by Crippen LogP contribution is -2.53. The number of rotatable bonds is 2. The summed E-state index contributed by atoms with van der Waals surface area (Å²) in [6.07, 6.45) is 2.57. The zero-order valence-electron chi connectivity index (χ0n) is 10.6. The third-order valence-corrected chi connectivity index (χ3v) is 4.65. The van der Waals surface area contributed by atoms with Crippen LogP contribution in [-0.4, -0.2) is 35.7 Å². The van der Waals surface area contributed by atoms with Crippen molar-refractivity contribution in [2.45, 2.75) is 18.9 Å². The van der Waals surface area contributed by atoms with E-state index < -0.39 is 0 Å². The standard InChI is InChI=1S/C14H16ClN3O/c15-10-1-2-13-11(7-10)14(17-19-13)16-12-8-18-5-3-9(12)4-6-18/h1-2,7,9,12H,3-6,8H2,(H,16,17)/t12-/m1/s1. The molecule has 0 unspecified atom stereocenters. The summed E-state index contributed by atoms with van der Waals surface area (Å²) in [5, 5.41) is 9.40. The first-order chi connectivity index (χ1) is 9.29. The van der Waals surface area contributed by atoms with Gasteiger partial charge in [0.2, 0.25) is 0 Å². The van der Waals surface area contributed by atoms with Gasteiger partial charge in [0.1, 0.15) is 0 Å². The van der Waals surface area contributed by atoms with Crippen molar-refractivity contribution < 1.29 is 4.52 Å². The van der Waals surface area contributed by atoms with E-state index in [1.165, 1.54) is 25.9 Å². The van der Waals surface area contributed by atoms with Crippen molar-refractivity contribution in [2.75, 3.05) is 25.0 Å². The van der Waals surface area contributed by atoms with Crippen LogP contribution in [0.1, 0.15) is 12.8 Å². The molecule has 1 atom stereocenters. The SMILES string of the molecule is Clc1ccc2onc(N[C@@H]3CN4CCC3CC4)c2c1. The molecule has 4 nitrogen and oxygen atoms in total. The fourth-order valence-electron chi connectivity index (χ4n) is 3.32. The minimum Gasteiger partial charge on any atom is -0.362 e. The molecule has 4 heterocycles. The second-order valence-electron chi connectivity index (χ2n) is 5.56. The Bertz CT molecular complexity index is 604. The molecule has 100 valence electrons. The van der Waals surface area contributed by atoms with Gasteiger partial charge >= 0.3 is 0 Å². The molecular formula is C14H16ClN3O.